The van der Waals surface area contributed by atoms with Crippen LogP contribution in [0.15, 0.2) is 35.4 Å². The van der Waals surface area contributed by atoms with Gasteiger partial charge in [0.25, 0.3) is 5.69 Å². The first-order valence-corrected chi connectivity index (χ1v) is 8.28. The number of aryl methyl sites for hydroxylation is 1. The number of nitrogens with one attached hydrogen (secondary N) is 1. The van der Waals surface area contributed by atoms with Crippen molar-refractivity contribution >= 4 is 11.4 Å². The van der Waals surface area contributed by atoms with Gasteiger partial charge in [-0.2, -0.15) is 5.10 Å². The molecule has 7 heteroatoms. The molecule has 136 valence electrons. The predicted molar refractivity (Wildman–Crippen MR) is 99.3 cm³/mol. The number of nitrogens with zero attached hydrogens (tertiary/aromatic N) is 2. The van der Waals surface area contributed by atoms with E-state index in [1.165, 1.54) is 6.07 Å². The topological polar surface area (TPSA) is 86.0 Å². The number of fused-ring (bicyclic) bond motifs is 1. The molecule has 0 bridgehead atoms. The molecule has 26 heavy (non-hydrogen) atoms. The highest BCUT2D eigenvalue weighted by Gasteiger charge is 2.22. The molecule has 1 atom stereocenters. The van der Waals surface area contributed by atoms with Gasteiger partial charge in [0.15, 0.2) is 11.5 Å². The molecule has 0 unspecified atom stereocenters. The first-order chi connectivity index (χ1) is 12.4. The second kappa shape index (κ2) is 7.03. The molecule has 2 aromatic rings. The fourth-order valence-electron chi connectivity index (χ4n) is 3.15. The van der Waals surface area contributed by atoms with Gasteiger partial charge < -0.3 is 14.9 Å². The minimum atomic E-state index is -0.379. The third-order valence-corrected chi connectivity index (χ3v) is 4.45. The van der Waals surface area contributed by atoms with E-state index in [0.29, 0.717) is 17.1 Å². The second-order valence-corrected chi connectivity index (χ2v) is 6.32. The van der Waals surface area contributed by atoms with Gasteiger partial charge in [-0.25, -0.2) is 0 Å². The molecule has 0 aromatic heterocycles. The molecule has 1 aliphatic rings. The van der Waals surface area contributed by atoms with Crippen molar-refractivity contribution in [1.82, 2.24) is 5.43 Å². The van der Waals surface area contributed by atoms with Gasteiger partial charge in [0, 0.05) is 28.8 Å². The number of rotatable bonds is 4. The highest BCUT2D eigenvalue weighted by atomic mass is 16.6. The standard InChI is InChI=1S/C19H21N3O4/c1-11-7-13(5-6-16(11)22(23)24)19-15-10-18(26-4)17(25-3)9-14(15)8-12(2)20-21-19/h5-7,9-10,12,20H,8H2,1-4H3/t12-/m0/s1. The molecule has 7 nitrogen and oxygen atoms in total. The largest absolute Gasteiger partial charge is 0.493 e. The molecule has 2 aromatic carbocycles. The van der Waals surface area contributed by atoms with Crippen LogP contribution in [-0.4, -0.2) is 30.9 Å². The summed E-state index contributed by atoms with van der Waals surface area (Å²) in [7, 11) is 3.20. The van der Waals surface area contributed by atoms with E-state index in [-0.39, 0.29) is 16.7 Å². The number of nitro benzene ring substituents is 1. The number of hydrogen-bond acceptors (Lipinski definition) is 6. The van der Waals surface area contributed by atoms with Gasteiger partial charge in [0.1, 0.15) is 0 Å². The maximum absolute atomic E-state index is 11.1. The first kappa shape index (κ1) is 17.7. The number of hydrogen-bond donors (Lipinski definition) is 1. The van der Waals surface area contributed by atoms with Crippen LogP contribution in [0, 0.1) is 17.0 Å². The summed E-state index contributed by atoms with van der Waals surface area (Å²) in [6.45, 7) is 3.78. The SMILES string of the molecule is COc1cc2c(cc1OC)C(c1ccc([N+](=O)[O-])c(C)c1)=NN[C@@H](C)C2. The van der Waals surface area contributed by atoms with Gasteiger partial charge in [-0.1, -0.05) is 0 Å². The smallest absolute Gasteiger partial charge is 0.272 e. The van der Waals surface area contributed by atoms with Crippen LogP contribution < -0.4 is 14.9 Å². The van der Waals surface area contributed by atoms with E-state index in [1.807, 2.05) is 19.1 Å². The molecule has 1 aliphatic heterocycles. The Morgan fingerprint density at radius 2 is 1.88 bits per heavy atom. The quantitative estimate of drug-likeness (QED) is 0.672. The first-order valence-electron chi connectivity index (χ1n) is 8.28. The van der Waals surface area contributed by atoms with E-state index in [9.17, 15) is 10.1 Å². The van der Waals surface area contributed by atoms with Crippen molar-refractivity contribution in [2.24, 2.45) is 5.10 Å². The van der Waals surface area contributed by atoms with Gasteiger partial charge in [-0.3, -0.25) is 10.1 Å². The van der Waals surface area contributed by atoms with Crippen LogP contribution in [0.3, 0.4) is 0 Å². The fraction of sp³-hybridized carbons (Fsp3) is 0.316. The summed E-state index contributed by atoms with van der Waals surface area (Å²) in [5.74, 6) is 1.28. The minimum absolute atomic E-state index is 0.0943. The maximum atomic E-state index is 11.1. The van der Waals surface area contributed by atoms with Crippen molar-refractivity contribution in [1.29, 1.82) is 0 Å². The highest BCUT2D eigenvalue weighted by molar-refractivity contribution is 6.14. The van der Waals surface area contributed by atoms with Crippen molar-refractivity contribution < 1.29 is 14.4 Å². The van der Waals surface area contributed by atoms with Crippen molar-refractivity contribution in [3.05, 3.63) is 62.7 Å². The predicted octanol–water partition coefficient (Wildman–Crippen LogP) is 3.21. The number of nitro groups is 1. The van der Waals surface area contributed by atoms with E-state index in [1.54, 1.807) is 33.3 Å². The lowest BCUT2D eigenvalue weighted by Gasteiger charge is -2.15. The number of hydrazone groups is 1. The molecule has 0 amide bonds. The summed E-state index contributed by atoms with van der Waals surface area (Å²) >= 11 is 0. The van der Waals surface area contributed by atoms with Gasteiger partial charge in [-0.05, 0) is 50.1 Å². The molecular formula is C19H21N3O4. The maximum Gasteiger partial charge on any atom is 0.272 e. The summed E-state index contributed by atoms with van der Waals surface area (Å²) in [5, 5.41) is 15.7. The van der Waals surface area contributed by atoms with Crippen LogP contribution >= 0.6 is 0 Å². The number of ether oxygens (including phenoxy) is 2. The van der Waals surface area contributed by atoms with E-state index in [0.717, 1.165) is 28.8 Å². The van der Waals surface area contributed by atoms with Crippen molar-refractivity contribution in [3.63, 3.8) is 0 Å². The van der Waals surface area contributed by atoms with Gasteiger partial charge in [0.05, 0.1) is 24.9 Å². The average molecular weight is 355 g/mol. The lowest BCUT2D eigenvalue weighted by atomic mass is 9.93. The summed E-state index contributed by atoms with van der Waals surface area (Å²) < 4.78 is 10.9. The summed E-state index contributed by atoms with van der Waals surface area (Å²) in [4.78, 5) is 10.7. The van der Waals surface area contributed by atoms with Crippen molar-refractivity contribution in [2.45, 2.75) is 26.3 Å². The minimum Gasteiger partial charge on any atom is -0.493 e. The third kappa shape index (κ3) is 3.20. The van der Waals surface area contributed by atoms with Crippen LogP contribution in [0.25, 0.3) is 0 Å². The molecule has 0 saturated carbocycles. The monoisotopic (exact) mass is 355 g/mol. The van der Waals surface area contributed by atoms with Crippen molar-refractivity contribution in [3.8, 4) is 11.5 Å². The molecule has 0 radical (unpaired) electrons. The van der Waals surface area contributed by atoms with Gasteiger partial charge in [0.2, 0.25) is 0 Å². The molecular weight excluding hydrogens is 334 g/mol. The van der Waals surface area contributed by atoms with E-state index >= 15 is 0 Å². The van der Waals surface area contributed by atoms with E-state index < -0.39 is 0 Å². The normalized spacial score (nSPS) is 16.0. The fourth-order valence-corrected chi connectivity index (χ4v) is 3.15. The summed E-state index contributed by atoms with van der Waals surface area (Å²) in [6, 6.07) is 9.04. The Bertz CT molecular complexity index is 893. The van der Waals surface area contributed by atoms with E-state index in [4.69, 9.17) is 9.47 Å². The molecule has 0 fully saturated rings. The van der Waals surface area contributed by atoms with Crippen LogP contribution in [0.2, 0.25) is 0 Å². The molecule has 3 rings (SSSR count). The average Bonchev–Trinajstić information content (AvgIpc) is 2.77. The summed E-state index contributed by atoms with van der Waals surface area (Å²) in [5.41, 5.74) is 7.37. The lowest BCUT2D eigenvalue weighted by Crippen LogP contribution is -2.22. The zero-order valence-corrected chi connectivity index (χ0v) is 15.2. The Labute approximate surface area is 151 Å². The Kier molecular flexibility index (Phi) is 4.79. The highest BCUT2D eigenvalue weighted by Crippen LogP contribution is 2.33. The zero-order valence-electron chi connectivity index (χ0n) is 15.2. The Morgan fingerprint density at radius 1 is 1.19 bits per heavy atom. The molecule has 1 heterocycles. The van der Waals surface area contributed by atoms with Crippen LogP contribution in [-0.2, 0) is 6.42 Å². The Morgan fingerprint density at radius 3 is 2.50 bits per heavy atom. The molecule has 0 spiro atoms. The summed E-state index contributed by atoms with van der Waals surface area (Å²) in [6.07, 6.45) is 0.772. The molecule has 0 aliphatic carbocycles. The Balaban J connectivity index is 2.17. The Hall–Kier alpha value is -3.09. The van der Waals surface area contributed by atoms with Crippen LogP contribution in [0.4, 0.5) is 5.69 Å². The van der Waals surface area contributed by atoms with E-state index in [2.05, 4.69) is 10.5 Å². The second-order valence-electron chi connectivity index (χ2n) is 6.32. The number of benzene rings is 2. The van der Waals surface area contributed by atoms with Crippen molar-refractivity contribution in [2.75, 3.05) is 14.2 Å². The lowest BCUT2D eigenvalue weighted by molar-refractivity contribution is -0.385. The third-order valence-electron chi connectivity index (χ3n) is 4.45. The van der Waals surface area contributed by atoms with Gasteiger partial charge >= 0.3 is 0 Å². The van der Waals surface area contributed by atoms with Crippen LogP contribution in [0.1, 0.15) is 29.2 Å². The van der Waals surface area contributed by atoms with Crippen LogP contribution in [0.5, 0.6) is 11.5 Å². The van der Waals surface area contributed by atoms with Gasteiger partial charge in [-0.15, -0.1) is 0 Å². The zero-order chi connectivity index (χ0) is 18.8. The molecule has 0 saturated heterocycles. The number of methoxy groups -OCH3 is 2. The molecule has 1 N–H and O–H groups in total.